The maximum absolute atomic E-state index is 12.4. The summed E-state index contributed by atoms with van der Waals surface area (Å²) in [5.74, 6) is 0.777. The molecule has 25 heavy (non-hydrogen) atoms. The molecule has 2 aromatic rings. The summed E-state index contributed by atoms with van der Waals surface area (Å²) in [6.45, 7) is 5.64. The molecule has 9 nitrogen and oxygen atoms in total. The quantitative estimate of drug-likeness (QED) is 0.603. The molecular weight excluding hydrogens is 330 g/mol. The van der Waals surface area contributed by atoms with E-state index < -0.39 is 10.8 Å². The third-order valence-electron chi connectivity index (χ3n) is 3.50. The number of nitro benzene ring substituents is 1. The van der Waals surface area contributed by atoms with E-state index in [2.05, 4.69) is 10.3 Å². The summed E-state index contributed by atoms with van der Waals surface area (Å²) in [5.41, 5.74) is 0.213. The number of carbonyl (C=O) groups is 1. The third-order valence-corrected chi connectivity index (χ3v) is 3.50. The summed E-state index contributed by atoms with van der Waals surface area (Å²) in [4.78, 5) is 27.2. The minimum Gasteiger partial charge on any atom is -0.493 e. The zero-order valence-electron chi connectivity index (χ0n) is 14.4. The Morgan fingerprint density at radius 2 is 2.08 bits per heavy atom. The molecule has 0 unspecified atom stereocenters. The van der Waals surface area contributed by atoms with E-state index in [1.54, 1.807) is 20.8 Å². The van der Waals surface area contributed by atoms with Gasteiger partial charge in [-0.25, -0.2) is 4.98 Å². The predicted octanol–water partition coefficient (Wildman–Crippen LogP) is 2.54. The number of nitro groups is 1. The van der Waals surface area contributed by atoms with Gasteiger partial charge in [0.1, 0.15) is 11.3 Å². The van der Waals surface area contributed by atoms with E-state index in [-0.39, 0.29) is 29.3 Å². The Bertz CT molecular complexity index is 780. The highest BCUT2D eigenvalue weighted by atomic mass is 16.6. The van der Waals surface area contributed by atoms with Crippen LogP contribution in [0.4, 0.5) is 5.69 Å². The van der Waals surface area contributed by atoms with Gasteiger partial charge in [0.05, 0.1) is 36.9 Å². The maximum Gasteiger partial charge on any atom is 0.286 e. The van der Waals surface area contributed by atoms with E-state index in [9.17, 15) is 14.9 Å². The van der Waals surface area contributed by atoms with Gasteiger partial charge in [-0.2, -0.15) is 0 Å². The number of hydrogen-bond donors (Lipinski definition) is 1. The molecule has 2 rings (SSSR count). The number of aromatic nitrogens is 1. The molecule has 1 N–H and O–H groups in total. The lowest BCUT2D eigenvalue weighted by Gasteiger charge is -2.11. The number of hydrogen-bond acceptors (Lipinski definition) is 7. The summed E-state index contributed by atoms with van der Waals surface area (Å²) in [6, 6.07) is 2.46. The molecule has 1 amide bonds. The Morgan fingerprint density at radius 3 is 2.60 bits per heavy atom. The van der Waals surface area contributed by atoms with Crippen molar-refractivity contribution in [3.63, 3.8) is 0 Å². The minimum atomic E-state index is -0.646. The zero-order chi connectivity index (χ0) is 18.6. The van der Waals surface area contributed by atoms with E-state index in [1.165, 1.54) is 19.2 Å². The van der Waals surface area contributed by atoms with E-state index in [0.717, 1.165) is 5.69 Å². The van der Waals surface area contributed by atoms with Crippen molar-refractivity contribution in [3.8, 4) is 11.5 Å². The lowest BCUT2D eigenvalue weighted by Crippen LogP contribution is -2.24. The van der Waals surface area contributed by atoms with Crippen LogP contribution in [-0.2, 0) is 6.54 Å². The summed E-state index contributed by atoms with van der Waals surface area (Å²) in [6.07, 6.45) is 0. The Balaban J connectivity index is 2.29. The van der Waals surface area contributed by atoms with Crippen LogP contribution in [0.3, 0.4) is 0 Å². The normalized spacial score (nSPS) is 10.4. The summed E-state index contributed by atoms with van der Waals surface area (Å²) < 4.78 is 15.8. The van der Waals surface area contributed by atoms with Gasteiger partial charge in [-0.15, -0.1) is 0 Å². The molecule has 0 atom stereocenters. The molecule has 0 radical (unpaired) electrons. The fourth-order valence-electron chi connectivity index (χ4n) is 2.18. The maximum atomic E-state index is 12.4. The van der Waals surface area contributed by atoms with Gasteiger partial charge in [0.25, 0.3) is 11.6 Å². The number of rotatable bonds is 7. The van der Waals surface area contributed by atoms with Crippen molar-refractivity contribution in [1.82, 2.24) is 10.3 Å². The average molecular weight is 349 g/mol. The number of nitrogens with one attached hydrogen (secondary N) is 1. The minimum absolute atomic E-state index is 0.0145. The SMILES string of the molecule is CCOc1cc(C(=O)NCc2nc(C)c(C)o2)c([N+](=O)[O-])cc1OC. The van der Waals surface area contributed by atoms with Gasteiger partial charge in [0.2, 0.25) is 5.89 Å². The van der Waals surface area contributed by atoms with Crippen molar-refractivity contribution in [2.24, 2.45) is 0 Å². The molecule has 1 heterocycles. The molecule has 0 bridgehead atoms. The van der Waals surface area contributed by atoms with Gasteiger partial charge in [-0.3, -0.25) is 14.9 Å². The highest BCUT2D eigenvalue weighted by Gasteiger charge is 2.25. The van der Waals surface area contributed by atoms with Gasteiger partial charge in [0, 0.05) is 6.07 Å². The number of benzene rings is 1. The Morgan fingerprint density at radius 1 is 1.36 bits per heavy atom. The van der Waals surface area contributed by atoms with Crippen molar-refractivity contribution >= 4 is 11.6 Å². The lowest BCUT2D eigenvalue weighted by molar-refractivity contribution is -0.385. The van der Waals surface area contributed by atoms with Crippen molar-refractivity contribution in [3.05, 3.63) is 45.2 Å². The Labute approximate surface area is 144 Å². The molecule has 0 saturated heterocycles. The van der Waals surface area contributed by atoms with Crippen LogP contribution >= 0.6 is 0 Å². The second-order valence-electron chi connectivity index (χ2n) is 5.14. The van der Waals surface area contributed by atoms with Crippen molar-refractivity contribution in [2.45, 2.75) is 27.3 Å². The molecule has 0 aliphatic heterocycles. The zero-order valence-corrected chi connectivity index (χ0v) is 14.4. The molecule has 134 valence electrons. The number of carbonyl (C=O) groups excluding carboxylic acids is 1. The first-order chi connectivity index (χ1) is 11.9. The lowest BCUT2D eigenvalue weighted by atomic mass is 10.1. The van der Waals surface area contributed by atoms with Gasteiger partial charge < -0.3 is 19.2 Å². The van der Waals surface area contributed by atoms with Crippen LogP contribution < -0.4 is 14.8 Å². The Kier molecular flexibility index (Phi) is 5.58. The van der Waals surface area contributed by atoms with E-state index >= 15 is 0 Å². The molecule has 0 aliphatic rings. The first-order valence-electron chi connectivity index (χ1n) is 7.57. The highest BCUT2D eigenvalue weighted by molar-refractivity contribution is 5.99. The first kappa shape index (κ1) is 18.2. The van der Waals surface area contributed by atoms with Gasteiger partial charge in [0.15, 0.2) is 11.5 Å². The molecular formula is C16H19N3O6. The van der Waals surface area contributed by atoms with Gasteiger partial charge in [-0.05, 0) is 20.8 Å². The van der Waals surface area contributed by atoms with Crippen LogP contribution in [0.5, 0.6) is 11.5 Å². The second kappa shape index (κ2) is 7.65. The van der Waals surface area contributed by atoms with Crippen molar-refractivity contribution in [2.75, 3.05) is 13.7 Å². The van der Waals surface area contributed by atoms with Crippen LogP contribution in [0.15, 0.2) is 16.5 Å². The fraction of sp³-hybridized carbons (Fsp3) is 0.375. The predicted molar refractivity (Wildman–Crippen MR) is 88.0 cm³/mol. The molecule has 1 aromatic heterocycles. The second-order valence-corrected chi connectivity index (χ2v) is 5.14. The van der Waals surface area contributed by atoms with Crippen LogP contribution in [0.1, 0.15) is 34.6 Å². The van der Waals surface area contributed by atoms with Crippen LogP contribution in [0, 0.1) is 24.0 Å². The van der Waals surface area contributed by atoms with E-state index in [0.29, 0.717) is 18.3 Å². The number of ether oxygens (including phenoxy) is 2. The Hall–Kier alpha value is -3.10. The number of aryl methyl sites for hydroxylation is 2. The van der Waals surface area contributed by atoms with E-state index in [4.69, 9.17) is 13.9 Å². The van der Waals surface area contributed by atoms with Crippen LogP contribution in [-0.4, -0.2) is 29.5 Å². The summed E-state index contributed by atoms with van der Waals surface area (Å²) >= 11 is 0. The first-order valence-corrected chi connectivity index (χ1v) is 7.57. The standard InChI is InChI=1S/C16H19N3O6/c1-5-24-14-6-11(12(19(21)22)7-13(14)23-4)16(20)17-8-15-18-9(2)10(3)25-15/h6-7H,5,8H2,1-4H3,(H,17,20). The molecule has 9 heteroatoms. The number of nitrogens with zero attached hydrogens (tertiary/aromatic N) is 2. The number of methoxy groups -OCH3 is 1. The molecule has 0 spiro atoms. The highest BCUT2D eigenvalue weighted by Crippen LogP contribution is 2.34. The van der Waals surface area contributed by atoms with Gasteiger partial charge in [-0.1, -0.05) is 0 Å². The molecule has 1 aromatic carbocycles. The van der Waals surface area contributed by atoms with Crippen LogP contribution in [0.2, 0.25) is 0 Å². The number of oxazole rings is 1. The third kappa shape index (κ3) is 4.06. The summed E-state index contributed by atoms with van der Waals surface area (Å²) in [7, 11) is 1.37. The van der Waals surface area contributed by atoms with Crippen molar-refractivity contribution < 1.29 is 23.6 Å². The van der Waals surface area contributed by atoms with Gasteiger partial charge >= 0.3 is 0 Å². The van der Waals surface area contributed by atoms with Crippen LogP contribution in [0.25, 0.3) is 0 Å². The molecule has 0 fully saturated rings. The monoisotopic (exact) mass is 349 g/mol. The topological polar surface area (TPSA) is 117 Å². The summed E-state index contributed by atoms with van der Waals surface area (Å²) in [5, 5.41) is 13.8. The smallest absolute Gasteiger partial charge is 0.286 e. The van der Waals surface area contributed by atoms with E-state index in [1.807, 2.05) is 0 Å². The average Bonchev–Trinajstić information content (AvgIpc) is 2.90. The molecule has 0 aliphatic carbocycles. The fourth-order valence-corrected chi connectivity index (χ4v) is 2.18. The van der Waals surface area contributed by atoms with Crippen molar-refractivity contribution in [1.29, 1.82) is 0 Å². The molecule has 0 saturated carbocycles. The largest absolute Gasteiger partial charge is 0.493 e. The number of amides is 1.